The summed E-state index contributed by atoms with van der Waals surface area (Å²) in [5, 5.41) is 13.4. The van der Waals surface area contributed by atoms with E-state index in [1.165, 1.54) is 10.5 Å². The SMILES string of the molecule is CCNC(C)(CO)CC(C)Sc1cccc(C)c1. The lowest BCUT2D eigenvalue weighted by Crippen LogP contribution is -2.47. The van der Waals surface area contributed by atoms with Crippen LogP contribution < -0.4 is 5.32 Å². The molecule has 0 fully saturated rings. The van der Waals surface area contributed by atoms with Crippen LogP contribution >= 0.6 is 11.8 Å². The third-order valence-electron chi connectivity index (χ3n) is 3.02. The van der Waals surface area contributed by atoms with Gasteiger partial charge in [0.15, 0.2) is 0 Å². The van der Waals surface area contributed by atoms with Crippen LogP contribution in [0, 0.1) is 6.92 Å². The van der Waals surface area contributed by atoms with Crippen molar-refractivity contribution in [2.45, 2.75) is 49.8 Å². The second kappa shape index (κ2) is 7.17. The predicted octanol–water partition coefficient (Wildman–Crippen LogP) is 3.23. The molecule has 0 heterocycles. The van der Waals surface area contributed by atoms with Gasteiger partial charge in [-0.1, -0.05) is 31.5 Å². The lowest BCUT2D eigenvalue weighted by Gasteiger charge is -2.31. The van der Waals surface area contributed by atoms with Gasteiger partial charge in [-0.2, -0.15) is 0 Å². The zero-order valence-electron chi connectivity index (χ0n) is 11.9. The summed E-state index contributed by atoms with van der Waals surface area (Å²) in [4.78, 5) is 1.30. The van der Waals surface area contributed by atoms with E-state index in [1.807, 2.05) is 11.8 Å². The molecule has 0 saturated carbocycles. The fourth-order valence-corrected chi connectivity index (χ4v) is 3.54. The second-order valence-corrected chi connectivity index (χ2v) is 6.71. The molecule has 0 aliphatic carbocycles. The number of aryl methyl sites for hydroxylation is 1. The number of benzene rings is 1. The Bertz CT molecular complexity index is 369. The first-order valence-corrected chi connectivity index (χ1v) is 7.46. The molecule has 102 valence electrons. The van der Waals surface area contributed by atoms with Gasteiger partial charge >= 0.3 is 0 Å². The number of rotatable bonds is 7. The third-order valence-corrected chi connectivity index (χ3v) is 4.11. The minimum Gasteiger partial charge on any atom is -0.394 e. The van der Waals surface area contributed by atoms with E-state index >= 15 is 0 Å². The second-order valence-electron chi connectivity index (χ2n) is 5.20. The molecule has 0 aliphatic rings. The Balaban J connectivity index is 2.57. The first-order chi connectivity index (χ1) is 8.49. The number of hydrogen-bond donors (Lipinski definition) is 2. The van der Waals surface area contributed by atoms with Gasteiger partial charge in [0.05, 0.1) is 6.61 Å². The largest absolute Gasteiger partial charge is 0.394 e. The van der Waals surface area contributed by atoms with Crippen molar-refractivity contribution < 1.29 is 5.11 Å². The number of hydrogen-bond acceptors (Lipinski definition) is 3. The standard InChI is InChI=1S/C15H25NOS/c1-5-16-15(4,11-17)10-13(3)18-14-8-6-7-12(2)9-14/h6-9,13,16-17H,5,10-11H2,1-4H3. The fraction of sp³-hybridized carbons (Fsp3) is 0.600. The Labute approximate surface area is 115 Å². The Morgan fingerprint density at radius 3 is 2.72 bits per heavy atom. The highest BCUT2D eigenvalue weighted by Crippen LogP contribution is 2.29. The van der Waals surface area contributed by atoms with E-state index in [-0.39, 0.29) is 12.1 Å². The first-order valence-electron chi connectivity index (χ1n) is 6.58. The summed E-state index contributed by atoms with van der Waals surface area (Å²) < 4.78 is 0. The molecule has 3 heteroatoms. The molecule has 0 radical (unpaired) electrons. The molecule has 0 spiro atoms. The number of aliphatic hydroxyl groups is 1. The summed E-state index contributed by atoms with van der Waals surface area (Å²) in [6.07, 6.45) is 0.954. The minimum atomic E-state index is -0.176. The van der Waals surface area contributed by atoms with Gasteiger partial charge in [0.25, 0.3) is 0 Å². The van der Waals surface area contributed by atoms with E-state index in [2.05, 4.69) is 57.3 Å². The molecule has 0 saturated heterocycles. The van der Waals surface area contributed by atoms with Crippen LogP contribution in [0.15, 0.2) is 29.2 Å². The van der Waals surface area contributed by atoms with Crippen LogP contribution in [0.3, 0.4) is 0 Å². The summed E-state index contributed by atoms with van der Waals surface area (Å²) in [6.45, 7) is 9.57. The zero-order chi connectivity index (χ0) is 13.6. The molecule has 2 N–H and O–H groups in total. The molecule has 1 rings (SSSR count). The van der Waals surface area contributed by atoms with Crippen LogP contribution in [-0.4, -0.2) is 29.0 Å². The number of thioether (sulfide) groups is 1. The zero-order valence-corrected chi connectivity index (χ0v) is 12.7. The van der Waals surface area contributed by atoms with Crippen molar-refractivity contribution in [3.63, 3.8) is 0 Å². The quantitative estimate of drug-likeness (QED) is 0.744. The lowest BCUT2D eigenvalue weighted by atomic mass is 9.97. The van der Waals surface area contributed by atoms with Crippen LogP contribution in [-0.2, 0) is 0 Å². The molecule has 0 bridgehead atoms. The summed E-state index contributed by atoms with van der Waals surface area (Å²) in [5.41, 5.74) is 1.12. The van der Waals surface area contributed by atoms with Gasteiger partial charge in [0.2, 0.25) is 0 Å². The third kappa shape index (κ3) is 5.01. The molecule has 2 atom stereocenters. The molecule has 0 aromatic heterocycles. The van der Waals surface area contributed by atoms with Crippen LogP contribution in [0.2, 0.25) is 0 Å². The van der Waals surface area contributed by atoms with E-state index in [0.29, 0.717) is 5.25 Å². The minimum absolute atomic E-state index is 0.176. The number of nitrogens with one attached hydrogen (secondary N) is 1. The molecule has 2 nitrogen and oxygen atoms in total. The molecule has 18 heavy (non-hydrogen) atoms. The first kappa shape index (κ1) is 15.5. The van der Waals surface area contributed by atoms with Gasteiger partial charge in [-0.25, -0.2) is 0 Å². The van der Waals surface area contributed by atoms with Crippen molar-refractivity contribution in [2.24, 2.45) is 0 Å². The maximum Gasteiger partial charge on any atom is 0.0611 e. The Morgan fingerprint density at radius 1 is 1.44 bits per heavy atom. The smallest absolute Gasteiger partial charge is 0.0611 e. The molecule has 1 aromatic rings. The van der Waals surface area contributed by atoms with Crippen LogP contribution in [0.4, 0.5) is 0 Å². The fourth-order valence-electron chi connectivity index (χ4n) is 2.22. The van der Waals surface area contributed by atoms with Gasteiger partial charge < -0.3 is 10.4 Å². The van der Waals surface area contributed by atoms with Crippen molar-refractivity contribution in [1.29, 1.82) is 0 Å². The topological polar surface area (TPSA) is 32.3 Å². The molecular formula is C15H25NOS. The average molecular weight is 267 g/mol. The maximum absolute atomic E-state index is 9.50. The van der Waals surface area contributed by atoms with Crippen LogP contribution in [0.5, 0.6) is 0 Å². The normalized spacial score (nSPS) is 16.3. The molecule has 0 aliphatic heterocycles. The highest BCUT2D eigenvalue weighted by molar-refractivity contribution is 7.99. The van der Waals surface area contributed by atoms with Crippen molar-refractivity contribution in [3.05, 3.63) is 29.8 Å². The summed E-state index contributed by atoms with van der Waals surface area (Å²) in [5.74, 6) is 0. The molecule has 0 amide bonds. The number of likely N-dealkylation sites (N-methyl/N-ethyl adjacent to an activating group) is 1. The van der Waals surface area contributed by atoms with E-state index in [1.54, 1.807) is 0 Å². The van der Waals surface area contributed by atoms with Gasteiger partial charge in [0, 0.05) is 15.7 Å². The predicted molar refractivity (Wildman–Crippen MR) is 80.3 cm³/mol. The summed E-state index contributed by atoms with van der Waals surface area (Å²) in [6, 6.07) is 8.58. The van der Waals surface area contributed by atoms with E-state index in [0.717, 1.165) is 13.0 Å². The monoisotopic (exact) mass is 267 g/mol. The molecule has 1 aromatic carbocycles. The van der Waals surface area contributed by atoms with Crippen LogP contribution in [0.25, 0.3) is 0 Å². The summed E-state index contributed by atoms with van der Waals surface area (Å²) in [7, 11) is 0. The molecular weight excluding hydrogens is 242 g/mol. The Hall–Kier alpha value is -0.510. The van der Waals surface area contributed by atoms with Gasteiger partial charge in [-0.15, -0.1) is 11.8 Å². The van der Waals surface area contributed by atoms with E-state index < -0.39 is 0 Å². The van der Waals surface area contributed by atoms with Gasteiger partial charge in [-0.05, 0) is 38.9 Å². The average Bonchev–Trinajstić information content (AvgIpc) is 2.29. The highest BCUT2D eigenvalue weighted by atomic mass is 32.2. The van der Waals surface area contributed by atoms with Gasteiger partial charge in [0.1, 0.15) is 0 Å². The van der Waals surface area contributed by atoms with Crippen molar-refractivity contribution >= 4 is 11.8 Å². The van der Waals surface area contributed by atoms with Crippen molar-refractivity contribution in [1.82, 2.24) is 5.32 Å². The number of aliphatic hydroxyl groups excluding tert-OH is 1. The Morgan fingerprint density at radius 2 is 2.17 bits per heavy atom. The summed E-state index contributed by atoms with van der Waals surface area (Å²) >= 11 is 1.87. The lowest BCUT2D eigenvalue weighted by molar-refractivity contribution is 0.168. The Kier molecular flexibility index (Phi) is 6.19. The van der Waals surface area contributed by atoms with Crippen molar-refractivity contribution in [2.75, 3.05) is 13.2 Å². The van der Waals surface area contributed by atoms with E-state index in [4.69, 9.17) is 0 Å². The highest BCUT2D eigenvalue weighted by Gasteiger charge is 2.24. The van der Waals surface area contributed by atoms with Gasteiger partial charge in [-0.3, -0.25) is 0 Å². The molecule has 2 unspecified atom stereocenters. The van der Waals surface area contributed by atoms with Crippen molar-refractivity contribution in [3.8, 4) is 0 Å². The van der Waals surface area contributed by atoms with E-state index in [9.17, 15) is 5.11 Å². The maximum atomic E-state index is 9.50. The van der Waals surface area contributed by atoms with Crippen LogP contribution in [0.1, 0.15) is 32.8 Å².